The quantitative estimate of drug-likeness (QED) is 0.620. The number of amides is 1. The molecule has 19 heavy (non-hydrogen) atoms. The van der Waals surface area contributed by atoms with Gasteiger partial charge in [0.15, 0.2) is 0 Å². The molecular weight excluding hydrogens is 250 g/mol. The van der Waals surface area contributed by atoms with E-state index in [2.05, 4.69) is 5.32 Å². The molecule has 0 saturated heterocycles. The van der Waals surface area contributed by atoms with Crippen LogP contribution in [0.2, 0.25) is 0 Å². The summed E-state index contributed by atoms with van der Waals surface area (Å²) in [7, 11) is 1.25. The van der Waals surface area contributed by atoms with Crippen LogP contribution in [0.15, 0.2) is 0 Å². The Hall–Kier alpha value is -1.59. The molecule has 0 spiro atoms. The van der Waals surface area contributed by atoms with Crippen LogP contribution in [0.3, 0.4) is 0 Å². The second-order valence-electron chi connectivity index (χ2n) is 6.33. The Labute approximate surface area is 112 Å². The van der Waals surface area contributed by atoms with Crippen molar-refractivity contribution >= 4 is 18.3 Å². The fourth-order valence-electron chi connectivity index (χ4n) is 2.39. The van der Waals surface area contributed by atoms with Crippen LogP contribution in [0, 0.1) is 5.41 Å². The van der Waals surface area contributed by atoms with Crippen LogP contribution in [0.5, 0.6) is 0 Å². The molecule has 1 N–H and O–H groups in total. The van der Waals surface area contributed by atoms with Crippen molar-refractivity contribution in [2.45, 2.75) is 51.7 Å². The summed E-state index contributed by atoms with van der Waals surface area (Å²) in [6.07, 6.45) is 0.543. The first kappa shape index (κ1) is 15.5. The number of hydrogen-bond donors (Lipinski definition) is 1. The molecule has 6 nitrogen and oxygen atoms in total. The van der Waals surface area contributed by atoms with Gasteiger partial charge in [0, 0.05) is 5.41 Å². The number of aldehydes is 1. The number of esters is 1. The minimum atomic E-state index is -1.16. The van der Waals surface area contributed by atoms with Crippen LogP contribution in [-0.2, 0) is 19.1 Å². The molecule has 0 heterocycles. The lowest BCUT2D eigenvalue weighted by molar-refractivity contribution is -0.160. The summed E-state index contributed by atoms with van der Waals surface area (Å²) in [6.45, 7) is 6.92. The zero-order valence-corrected chi connectivity index (χ0v) is 12.0. The summed E-state index contributed by atoms with van der Waals surface area (Å²) < 4.78 is 9.82. The summed E-state index contributed by atoms with van der Waals surface area (Å²) >= 11 is 0. The Morgan fingerprint density at radius 2 is 1.79 bits per heavy atom. The number of nitrogens with one attached hydrogen (secondary N) is 1. The largest absolute Gasteiger partial charge is 0.467 e. The zero-order chi connectivity index (χ0) is 14.9. The van der Waals surface area contributed by atoms with Gasteiger partial charge in [0.25, 0.3) is 0 Å². The van der Waals surface area contributed by atoms with Crippen molar-refractivity contribution in [3.8, 4) is 0 Å². The third kappa shape index (κ3) is 3.45. The van der Waals surface area contributed by atoms with Crippen LogP contribution in [0.4, 0.5) is 4.79 Å². The maximum Gasteiger partial charge on any atom is 0.408 e. The van der Waals surface area contributed by atoms with E-state index in [1.54, 1.807) is 27.7 Å². The Morgan fingerprint density at radius 1 is 1.26 bits per heavy atom. The molecule has 0 radical (unpaired) electrons. The molecule has 0 aromatic heterocycles. The van der Waals surface area contributed by atoms with E-state index in [4.69, 9.17) is 9.47 Å². The Bertz CT molecular complexity index is 390. The number of rotatable bonds is 3. The number of methoxy groups -OCH3 is 1. The Balaban J connectivity index is 2.77. The van der Waals surface area contributed by atoms with Crippen molar-refractivity contribution < 1.29 is 23.9 Å². The predicted molar refractivity (Wildman–Crippen MR) is 67.5 cm³/mol. The highest BCUT2D eigenvalue weighted by Crippen LogP contribution is 2.47. The van der Waals surface area contributed by atoms with E-state index in [1.807, 2.05) is 0 Å². The molecule has 1 fully saturated rings. The van der Waals surface area contributed by atoms with Crippen LogP contribution in [0.25, 0.3) is 0 Å². The standard InChI is InChI=1S/C13H21NO5/c1-11(2,3)19-10(17)14-13(9(16)18-5)6-12(4,7-13)8-15/h8H,6-7H2,1-5H3,(H,14,17). The fourth-order valence-corrected chi connectivity index (χ4v) is 2.39. The normalized spacial score (nSPS) is 29.9. The third-order valence-electron chi connectivity index (χ3n) is 3.01. The van der Waals surface area contributed by atoms with Gasteiger partial charge in [-0.25, -0.2) is 9.59 Å². The molecule has 1 amide bonds. The molecule has 1 aliphatic carbocycles. The molecule has 1 rings (SSSR count). The van der Waals surface area contributed by atoms with E-state index < -0.39 is 28.6 Å². The van der Waals surface area contributed by atoms with Crippen LogP contribution < -0.4 is 5.32 Å². The van der Waals surface area contributed by atoms with Gasteiger partial charge >= 0.3 is 12.1 Å². The maximum absolute atomic E-state index is 11.8. The maximum atomic E-state index is 11.8. The first-order valence-corrected chi connectivity index (χ1v) is 6.12. The molecule has 0 aliphatic heterocycles. The molecule has 0 aromatic carbocycles. The summed E-state index contributed by atoms with van der Waals surface area (Å²) in [4.78, 5) is 34.5. The van der Waals surface area contributed by atoms with Crippen LogP contribution >= 0.6 is 0 Å². The van der Waals surface area contributed by atoms with Crippen molar-refractivity contribution in [3.05, 3.63) is 0 Å². The van der Waals surface area contributed by atoms with Gasteiger partial charge in [-0.2, -0.15) is 0 Å². The topological polar surface area (TPSA) is 81.7 Å². The molecule has 1 saturated carbocycles. The molecule has 0 aromatic rings. The third-order valence-corrected chi connectivity index (χ3v) is 3.01. The van der Waals surface area contributed by atoms with Crippen LogP contribution in [-0.4, -0.2) is 36.6 Å². The second-order valence-corrected chi connectivity index (χ2v) is 6.33. The summed E-state index contributed by atoms with van der Waals surface area (Å²) in [5, 5.41) is 2.53. The minimum absolute atomic E-state index is 0.218. The second kappa shape index (κ2) is 4.83. The molecular formula is C13H21NO5. The summed E-state index contributed by atoms with van der Waals surface area (Å²) in [5.41, 5.74) is -2.42. The molecule has 0 atom stereocenters. The molecule has 0 bridgehead atoms. The molecule has 0 unspecified atom stereocenters. The number of carbonyl (C=O) groups is 3. The monoisotopic (exact) mass is 271 g/mol. The van der Waals surface area contributed by atoms with Crippen molar-refractivity contribution in [1.29, 1.82) is 0 Å². The highest BCUT2D eigenvalue weighted by molar-refractivity contribution is 5.89. The zero-order valence-electron chi connectivity index (χ0n) is 12.0. The summed E-state index contributed by atoms with van der Waals surface area (Å²) in [6, 6.07) is 0. The van der Waals surface area contributed by atoms with Crippen molar-refractivity contribution in [2.24, 2.45) is 5.41 Å². The van der Waals surface area contributed by atoms with Gasteiger partial charge in [0.2, 0.25) is 0 Å². The smallest absolute Gasteiger partial charge is 0.408 e. The minimum Gasteiger partial charge on any atom is -0.467 e. The van der Waals surface area contributed by atoms with Gasteiger partial charge in [0.1, 0.15) is 17.4 Å². The molecule has 1 aliphatic rings. The van der Waals surface area contributed by atoms with Crippen molar-refractivity contribution in [2.75, 3.05) is 7.11 Å². The van der Waals surface area contributed by atoms with Gasteiger partial charge in [-0.3, -0.25) is 0 Å². The van der Waals surface area contributed by atoms with Gasteiger partial charge in [-0.05, 0) is 33.6 Å². The molecule has 108 valence electrons. The number of hydrogen-bond acceptors (Lipinski definition) is 5. The van der Waals surface area contributed by atoms with Crippen molar-refractivity contribution in [3.63, 3.8) is 0 Å². The van der Waals surface area contributed by atoms with E-state index in [-0.39, 0.29) is 12.8 Å². The lowest BCUT2D eigenvalue weighted by atomic mass is 9.59. The van der Waals surface area contributed by atoms with E-state index in [1.165, 1.54) is 7.11 Å². The lowest BCUT2D eigenvalue weighted by Gasteiger charge is -2.49. The predicted octanol–water partition coefficient (Wildman–Crippen LogP) is 1.42. The van der Waals surface area contributed by atoms with E-state index in [0.29, 0.717) is 0 Å². The van der Waals surface area contributed by atoms with Crippen molar-refractivity contribution in [1.82, 2.24) is 5.32 Å². The number of ether oxygens (including phenoxy) is 2. The van der Waals surface area contributed by atoms with Crippen LogP contribution in [0.1, 0.15) is 40.5 Å². The SMILES string of the molecule is COC(=O)C1(NC(=O)OC(C)(C)C)CC(C)(C=O)C1. The van der Waals surface area contributed by atoms with Gasteiger partial charge in [-0.1, -0.05) is 6.92 Å². The fraction of sp³-hybridized carbons (Fsp3) is 0.769. The number of carbonyl (C=O) groups excluding carboxylic acids is 3. The van der Waals surface area contributed by atoms with Gasteiger partial charge in [-0.15, -0.1) is 0 Å². The number of alkyl carbamates (subject to hydrolysis) is 1. The summed E-state index contributed by atoms with van der Waals surface area (Å²) in [5.74, 6) is -0.558. The average molecular weight is 271 g/mol. The lowest BCUT2D eigenvalue weighted by Crippen LogP contribution is -2.67. The van der Waals surface area contributed by atoms with E-state index in [9.17, 15) is 14.4 Å². The highest BCUT2D eigenvalue weighted by Gasteiger charge is 2.59. The Morgan fingerprint density at radius 3 is 2.16 bits per heavy atom. The molecule has 6 heteroatoms. The van der Waals surface area contributed by atoms with Gasteiger partial charge in [0.05, 0.1) is 7.11 Å². The Kier molecular flexibility index (Phi) is 3.93. The highest BCUT2D eigenvalue weighted by atomic mass is 16.6. The average Bonchev–Trinajstić information content (AvgIpc) is 2.22. The van der Waals surface area contributed by atoms with E-state index >= 15 is 0 Å². The van der Waals surface area contributed by atoms with Gasteiger partial charge < -0.3 is 19.6 Å². The van der Waals surface area contributed by atoms with E-state index in [0.717, 1.165) is 6.29 Å². The first-order valence-electron chi connectivity index (χ1n) is 6.12. The first-order chi connectivity index (χ1) is 8.56.